The van der Waals surface area contributed by atoms with E-state index in [1.807, 2.05) is 55.1 Å². The second kappa shape index (κ2) is 9.16. The van der Waals surface area contributed by atoms with Crippen LogP contribution >= 0.6 is 0 Å². The van der Waals surface area contributed by atoms with Gasteiger partial charge in [0.2, 0.25) is 0 Å². The van der Waals surface area contributed by atoms with Crippen molar-refractivity contribution < 1.29 is 4.79 Å². The number of rotatable bonds is 8. The fraction of sp³-hybridized carbons (Fsp3) is 0.450. The van der Waals surface area contributed by atoms with Crippen LogP contribution in [0.15, 0.2) is 42.5 Å². The predicted molar refractivity (Wildman–Crippen MR) is 101 cm³/mol. The van der Waals surface area contributed by atoms with Gasteiger partial charge in [0.05, 0.1) is 0 Å². The van der Waals surface area contributed by atoms with Crippen molar-refractivity contribution in [1.82, 2.24) is 15.1 Å². The Morgan fingerprint density at radius 2 is 1.76 bits per heavy atom. The zero-order valence-corrected chi connectivity index (χ0v) is 15.6. The van der Waals surface area contributed by atoms with Crippen LogP contribution in [0.25, 0.3) is 0 Å². The van der Waals surface area contributed by atoms with Crippen LogP contribution in [0.4, 0.5) is 5.82 Å². The molecule has 5 nitrogen and oxygen atoms in total. The van der Waals surface area contributed by atoms with Gasteiger partial charge in [0.15, 0.2) is 5.69 Å². The highest BCUT2D eigenvalue weighted by Crippen LogP contribution is 2.13. The summed E-state index contributed by atoms with van der Waals surface area (Å²) in [7, 11) is 0. The van der Waals surface area contributed by atoms with Crippen LogP contribution in [0.5, 0.6) is 0 Å². The Balaban J connectivity index is 2.03. The van der Waals surface area contributed by atoms with Gasteiger partial charge >= 0.3 is 0 Å². The summed E-state index contributed by atoms with van der Waals surface area (Å²) in [5.74, 6) is 1.25. The SMILES string of the molecule is CC(C)CCNc1ccc(C(=O)N(Cc2ccccc2)C(C)C)nn1. The van der Waals surface area contributed by atoms with Crippen LogP contribution in [0, 0.1) is 5.92 Å². The fourth-order valence-electron chi connectivity index (χ4n) is 2.45. The van der Waals surface area contributed by atoms with E-state index in [4.69, 9.17) is 0 Å². The van der Waals surface area contributed by atoms with Gasteiger partial charge in [-0.05, 0) is 43.9 Å². The van der Waals surface area contributed by atoms with E-state index >= 15 is 0 Å². The minimum atomic E-state index is -0.0971. The quantitative estimate of drug-likeness (QED) is 0.789. The number of nitrogens with one attached hydrogen (secondary N) is 1. The maximum absolute atomic E-state index is 12.8. The molecule has 0 atom stereocenters. The molecule has 0 saturated heterocycles. The van der Waals surface area contributed by atoms with E-state index in [0.717, 1.165) is 18.5 Å². The Labute approximate surface area is 150 Å². The third-order valence-corrected chi connectivity index (χ3v) is 3.99. The summed E-state index contributed by atoms with van der Waals surface area (Å²) in [4.78, 5) is 14.6. The minimum absolute atomic E-state index is 0.0818. The van der Waals surface area contributed by atoms with E-state index in [2.05, 4.69) is 29.4 Å². The lowest BCUT2D eigenvalue weighted by molar-refractivity contribution is 0.0683. The Morgan fingerprint density at radius 1 is 1.04 bits per heavy atom. The largest absolute Gasteiger partial charge is 0.369 e. The molecule has 1 amide bonds. The van der Waals surface area contributed by atoms with Gasteiger partial charge in [-0.25, -0.2) is 0 Å². The number of carbonyl (C=O) groups is 1. The fourth-order valence-corrected chi connectivity index (χ4v) is 2.45. The van der Waals surface area contributed by atoms with E-state index in [1.165, 1.54) is 0 Å². The van der Waals surface area contributed by atoms with Gasteiger partial charge in [0.25, 0.3) is 5.91 Å². The minimum Gasteiger partial charge on any atom is -0.369 e. The van der Waals surface area contributed by atoms with Gasteiger partial charge in [0, 0.05) is 19.1 Å². The highest BCUT2D eigenvalue weighted by molar-refractivity contribution is 5.92. The summed E-state index contributed by atoms with van der Waals surface area (Å²) in [5, 5.41) is 11.5. The highest BCUT2D eigenvalue weighted by atomic mass is 16.2. The maximum Gasteiger partial charge on any atom is 0.274 e. The Bertz CT molecular complexity index is 653. The van der Waals surface area contributed by atoms with Gasteiger partial charge in [-0.2, -0.15) is 0 Å². The highest BCUT2D eigenvalue weighted by Gasteiger charge is 2.20. The smallest absolute Gasteiger partial charge is 0.274 e. The summed E-state index contributed by atoms with van der Waals surface area (Å²) in [5.41, 5.74) is 1.48. The number of carbonyl (C=O) groups excluding carboxylic acids is 1. The van der Waals surface area contributed by atoms with Crippen LogP contribution in [-0.2, 0) is 6.54 Å². The summed E-state index contributed by atoms with van der Waals surface area (Å²) in [6.07, 6.45) is 1.07. The Hall–Kier alpha value is -2.43. The molecule has 0 fully saturated rings. The first kappa shape index (κ1) is 18.9. The molecule has 0 spiro atoms. The van der Waals surface area contributed by atoms with Crippen LogP contribution in [0.1, 0.15) is 50.2 Å². The van der Waals surface area contributed by atoms with Crippen molar-refractivity contribution in [3.63, 3.8) is 0 Å². The third kappa shape index (κ3) is 5.85. The van der Waals surface area contributed by atoms with Crippen molar-refractivity contribution in [3.05, 3.63) is 53.7 Å². The molecule has 2 aromatic rings. The molecule has 0 bridgehead atoms. The molecule has 1 aromatic carbocycles. The molecule has 5 heteroatoms. The first-order valence-electron chi connectivity index (χ1n) is 8.90. The molecule has 1 N–H and O–H groups in total. The molecule has 0 radical (unpaired) electrons. The Kier molecular flexibility index (Phi) is 6.92. The van der Waals surface area contributed by atoms with E-state index in [1.54, 1.807) is 6.07 Å². The number of hydrogen-bond donors (Lipinski definition) is 1. The van der Waals surface area contributed by atoms with Gasteiger partial charge in [-0.1, -0.05) is 44.2 Å². The number of hydrogen-bond acceptors (Lipinski definition) is 4. The molecule has 1 aromatic heterocycles. The van der Waals surface area contributed by atoms with Crippen LogP contribution in [-0.4, -0.2) is 33.6 Å². The number of amides is 1. The van der Waals surface area contributed by atoms with Gasteiger partial charge in [-0.3, -0.25) is 4.79 Å². The Morgan fingerprint density at radius 3 is 2.32 bits per heavy atom. The van der Waals surface area contributed by atoms with Crippen LogP contribution in [0.3, 0.4) is 0 Å². The second-order valence-corrected chi connectivity index (χ2v) is 6.93. The van der Waals surface area contributed by atoms with Crippen molar-refractivity contribution in [2.45, 2.75) is 46.7 Å². The van der Waals surface area contributed by atoms with Crippen molar-refractivity contribution in [3.8, 4) is 0 Å². The van der Waals surface area contributed by atoms with E-state index in [9.17, 15) is 4.79 Å². The average Bonchev–Trinajstić information content (AvgIpc) is 2.60. The van der Waals surface area contributed by atoms with Gasteiger partial charge in [0.1, 0.15) is 5.82 Å². The standard InChI is InChI=1S/C20H28N4O/c1-15(2)12-13-21-19-11-10-18(22-23-19)20(25)24(16(3)4)14-17-8-6-5-7-9-17/h5-11,15-16H,12-14H2,1-4H3,(H,21,23). The zero-order chi connectivity index (χ0) is 18.2. The topological polar surface area (TPSA) is 58.1 Å². The second-order valence-electron chi connectivity index (χ2n) is 6.93. The summed E-state index contributed by atoms with van der Waals surface area (Å²) in [6.45, 7) is 9.80. The molecule has 0 unspecified atom stereocenters. The van der Waals surface area contributed by atoms with Crippen molar-refractivity contribution in [2.24, 2.45) is 5.92 Å². The number of aromatic nitrogens is 2. The number of benzene rings is 1. The normalized spacial score (nSPS) is 11.0. The van der Waals surface area contributed by atoms with Crippen molar-refractivity contribution in [1.29, 1.82) is 0 Å². The molecule has 0 aliphatic carbocycles. The zero-order valence-electron chi connectivity index (χ0n) is 15.6. The van der Waals surface area contributed by atoms with Gasteiger partial charge in [-0.15, -0.1) is 10.2 Å². The molecule has 0 aliphatic rings. The van der Waals surface area contributed by atoms with Crippen molar-refractivity contribution in [2.75, 3.05) is 11.9 Å². The summed E-state index contributed by atoms with van der Waals surface area (Å²) in [6, 6.07) is 13.6. The maximum atomic E-state index is 12.8. The molecule has 2 rings (SSSR count). The predicted octanol–water partition coefficient (Wildman–Crippen LogP) is 3.99. The monoisotopic (exact) mass is 340 g/mol. The summed E-state index contributed by atoms with van der Waals surface area (Å²) >= 11 is 0. The molecule has 1 heterocycles. The lowest BCUT2D eigenvalue weighted by atomic mass is 10.1. The first-order valence-corrected chi connectivity index (χ1v) is 8.90. The molecular formula is C20H28N4O. The lowest BCUT2D eigenvalue weighted by Gasteiger charge is -2.26. The van der Waals surface area contributed by atoms with Crippen LogP contribution < -0.4 is 5.32 Å². The van der Waals surface area contributed by atoms with E-state index in [-0.39, 0.29) is 11.9 Å². The summed E-state index contributed by atoms with van der Waals surface area (Å²) < 4.78 is 0. The third-order valence-electron chi connectivity index (χ3n) is 3.99. The number of nitrogens with zero attached hydrogens (tertiary/aromatic N) is 3. The van der Waals surface area contributed by atoms with Gasteiger partial charge < -0.3 is 10.2 Å². The molecule has 134 valence electrons. The average molecular weight is 340 g/mol. The molecular weight excluding hydrogens is 312 g/mol. The van der Waals surface area contributed by atoms with Crippen molar-refractivity contribution >= 4 is 11.7 Å². The molecule has 25 heavy (non-hydrogen) atoms. The first-order chi connectivity index (χ1) is 12.0. The lowest BCUT2D eigenvalue weighted by Crippen LogP contribution is -2.37. The number of anilines is 1. The molecule has 0 saturated carbocycles. The molecule has 0 aliphatic heterocycles. The van der Waals surface area contributed by atoms with E-state index < -0.39 is 0 Å². The van der Waals surface area contributed by atoms with Crippen LogP contribution in [0.2, 0.25) is 0 Å². The van der Waals surface area contributed by atoms with E-state index in [0.29, 0.717) is 24.0 Å².